The van der Waals surface area contributed by atoms with E-state index >= 15 is 0 Å². The predicted molar refractivity (Wildman–Crippen MR) is 51.7 cm³/mol. The van der Waals surface area contributed by atoms with Gasteiger partial charge in [-0.05, 0) is 31.8 Å². The van der Waals surface area contributed by atoms with Gasteiger partial charge in [0.05, 0.1) is 12.8 Å². The summed E-state index contributed by atoms with van der Waals surface area (Å²) in [6.07, 6.45) is 4.89. The largest absolute Gasteiger partial charge is 0.391 e. The number of aliphatic hydroxyl groups is 1. The number of nitrogens with zero attached hydrogens (tertiary/aromatic N) is 1. The van der Waals surface area contributed by atoms with Gasteiger partial charge in [0, 0.05) is 12.0 Å². The molecule has 2 N–H and O–H groups in total. The van der Waals surface area contributed by atoms with Gasteiger partial charge in [-0.15, -0.1) is 0 Å². The van der Waals surface area contributed by atoms with Crippen molar-refractivity contribution in [1.82, 2.24) is 10.5 Å². The average molecular weight is 196 g/mol. The Labute approximate surface area is 83.3 Å². The van der Waals surface area contributed by atoms with Gasteiger partial charge in [0.2, 0.25) is 0 Å². The lowest BCUT2D eigenvalue weighted by molar-refractivity contribution is 0.271. The molecule has 1 aromatic heterocycles. The molecule has 0 radical (unpaired) electrons. The summed E-state index contributed by atoms with van der Waals surface area (Å²) >= 11 is 0. The van der Waals surface area contributed by atoms with Crippen molar-refractivity contribution in [3.05, 3.63) is 17.5 Å². The predicted octanol–water partition coefficient (Wildman–Crippen LogP) is 0.709. The highest BCUT2D eigenvalue weighted by atomic mass is 16.5. The Kier molecular flexibility index (Phi) is 3.16. The molecule has 78 valence electrons. The molecule has 4 heteroatoms. The van der Waals surface area contributed by atoms with Gasteiger partial charge in [0.15, 0.2) is 0 Å². The van der Waals surface area contributed by atoms with E-state index in [2.05, 4.69) is 10.5 Å². The lowest BCUT2D eigenvalue weighted by Crippen LogP contribution is -2.28. The zero-order chi connectivity index (χ0) is 9.80. The van der Waals surface area contributed by atoms with Crippen molar-refractivity contribution >= 4 is 0 Å². The molecule has 1 aliphatic heterocycles. The van der Waals surface area contributed by atoms with Crippen LogP contribution >= 0.6 is 0 Å². The molecule has 0 atom stereocenters. The van der Waals surface area contributed by atoms with Crippen LogP contribution in [0.25, 0.3) is 0 Å². The number of piperidine rings is 1. The van der Waals surface area contributed by atoms with Crippen LogP contribution in [0.4, 0.5) is 0 Å². The van der Waals surface area contributed by atoms with Crippen LogP contribution in [-0.4, -0.2) is 23.4 Å². The Morgan fingerprint density at radius 1 is 1.50 bits per heavy atom. The summed E-state index contributed by atoms with van der Waals surface area (Å²) in [4.78, 5) is 0. The normalized spacial score (nSPS) is 18.6. The van der Waals surface area contributed by atoms with Crippen molar-refractivity contribution in [2.75, 3.05) is 13.1 Å². The molecule has 0 saturated carbocycles. The van der Waals surface area contributed by atoms with Gasteiger partial charge in [-0.2, -0.15) is 0 Å². The van der Waals surface area contributed by atoms with Crippen molar-refractivity contribution in [2.45, 2.75) is 25.9 Å². The minimum absolute atomic E-state index is 0.0316. The van der Waals surface area contributed by atoms with E-state index in [4.69, 9.17) is 9.63 Å². The summed E-state index contributed by atoms with van der Waals surface area (Å²) in [7, 11) is 0. The maximum atomic E-state index is 9.02. The van der Waals surface area contributed by atoms with Crippen molar-refractivity contribution < 1.29 is 9.63 Å². The topological polar surface area (TPSA) is 58.3 Å². The summed E-state index contributed by atoms with van der Waals surface area (Å²) in [6, 6.07) is 0. The van der Waals surface area contributed by atoms with Crippen LogP contribution in [0.15, 0.2) is 10.7 Å². The molecule has 0 bridgehead atoms. The summed E-state index contributed by atoms with van der Waals surface area (Å²) in [5.41, 5.74) is 0.837. The van der Waals surface area contributed by atoms with Crippen LogP contribution in [0.2, 0.25) is 0 Å². The number of aliphatic hydroxyl groups excluding tert-OH is 1. The highest BCUT2D eigenvalue weighted by molar-refractivity contribution is 5.12. The Morgan fingerprint density at radius 2 is 2.29 bits per heavy atom. The summed E-state index contributed by atoms with van der Waals surface area (Å²) in [5.74, 6) is 1.54. The minimum Gasteiger partial charge on any atom is -0.391 e. The van der Waals surface area contributed by atoms with Crippen LogP contribution in [0.1, 0.15) is 24.2 Å². The molecule has 1 aromatic rings. The van der Waals surface area contributed by atoms with Gasteiger partial charge < -0.3 is 14.9 Å². The molecule has 0 unspecified atom stereocenters. The zero-order valence-electron chi connectivity index (χ0n) is 8.20. The Balaban J connectivity index is 1.95. The lowest BCUT2D eigenvalue weighted by Gasteiger charge is -2.21. The van der Waals surface area contributed by atoms with Crippen LogP contribution < -0.4 is 5.32 Å². The number of rotatable bonds is 3. The van der Waals surface area contributed by atoms with Crippen molar-refractivity contribution in [3.8, 4) is 0 Å². The van der Waals surface area contributed by atoms with Gasteiger partial charge in [-0.1, -0.05) is 5.16 Å². The fourth-order valence-corrected chi connectivity index (χ4v) is 1.93. The number of hydrogen-bond acceptors (Lipinski definition) is 4. The molecule has 0 aromatic carbocycles. The second-order valence-corrected chi connectivity index (χ2v) is 3.83. The van der Waals surface area contributed by atoms with Gasteiger partial charge in [0.25, 0.3) is 0 Å². The SMILES string of the molecule is OCc1cnoc1CC1CCNCC1. The molecule has 14 heavy (non-hydrogen) atoms. The molecule has 0 amide bonds. The van der Waals surface area contributed by atoms with Gasteiger partial charge in [-0.25, -0.2) is 0 Å². The van der Waals surface area contributed by atoms with Crippen molar-refractivity contribution in [3.63, 3.8) is 0 Å². The maximum absolute atomic E-state index is 9.02. The molecule has 1 saturated heterocycles. The molecular formula is C10H16N2O2. The standard InChI is InChI=1S/C10H16N2O2/c13-7-9-6-12-14-10(9)5-8-1-3-11-4-2-8/h6,8,11,13H,1-5,7H2. The number of hydrogen-bond donors (Lipinski definition) is 2. The summed E-state index contributed by atoms with van der Waals surface area (Å²) < 4.78 is 5.13. The average Bonchev–Trinajstić information content (AvgIpc) is 2.67. The van der Waals surface area contributed by atoms with Gasteiger partial charge in [0.1, 0.15) is 5.76 Å². The third-order valence-corrected chi connectivity index (χ3v) is 2.83. The van der Waals surface area contributed by atoms with Crippen molar-refractivity contribution in [2.24, 2.45) is 5.92 Å². The molecular weight excluding hydrogens is 180 g/mol. The van der Waals surface area contributed by atoms with E-state index in [0.29, 0.717) is 5.92 Å². The third-order valence-electron chi connectivity index (χ3n) is 2.83. The van der Waals surface area contributed by atoms with Crippen LogP contribution in [0.3, 0.4) is 0 Å². The smallest absolute Gasteiger partial charge is 0.142 e. The first-order valence-corrected chi connectivity index (χ1v) is 5.14. The Hall–Kier alpha value is -0.870. The second kappa shape index (κ2) is 4.57. The van der Waals surface area contributed by atoms with Crippen LogP contribution in [0, 0.1) is 5.92 Å². The molecule has 0 spiro atoms. The third kappa shape index (κ3) is 2.13. The van der Waals surface area contributed by atoms with E-state index in [9.17, 15) is 0 Å². The first-order valence-electron chi connectivity index (χ1n) is 5.14. The summed E-state index contributed by atoms with van der Waals surface area (Å²) in [6.45, 7) is 2.21. The zero-order valence-corrected chi connectivity index (χ0v) is 8.20. The maximum Gasteiger partial charge on any atom is 0.142 e. The highest BCUT2D eigenvalue weighted by Gasteiger charge is 2.17. The van der Waals surface area contributed by atoms with Crippen LogP contribution in [0.5, 0.6) is 0 Å². The Morgan fingerprint density at radius 3 is 3.00 bits per heavy atom. The van der Waals surface area contributed by atoms with Crippen LogP contribution in [-0.2, 0) is 13.0 Å². The first kappa shape index (κ1) is 9.68. The fourth-order valence-electron chi connectivity index (χ4n) is 1.93. The molecule has 2 rings (SSSR count). The van der Waals surface area contributed by atoms with E-state index in [1.807, 2.05) is 0 Å². The monoisotopic (exact) mass is 196 g/mol. The first-order chi connectivity index (χ1) is 6.90. The molecule has 4 nitrogen and oxygen atoms in total. The fraction of sp³-hybridized carbons (Fsp3) is 0.700. The number of aromatic nitrogens is 1. The molecule has 1 aliphatic rings. The van der Waals surface area contributed by atoms with E-state index in [0.717, 1.165) is 30.8 Å². The van der Waals surface area contributed by atoms with Gasteiger partial charge >= 0.3 is 0 Å². The van der Waals surface area contributed by atoms with E-state index < -0.39 is 0 Å². The summed E-state index contributed by atoms with van der Waals surface area (Å²) in [5, 5.41) is 16.1. The quantitative estimate of drug-likeness (QED) is 0.747. The molecule has 1 fully saturated rings. The van der Waals surface area contributed by atoms with E-state index in [1.165, 1.54) is 12.8 Å². The van der Waals surface area contributed by atoms with Crippen molar-refractivity contribution in [1.29, 1.82) is 0 Å². The van der Waals surface area contributed by atoms with Gasteiger partial charge in [-0.3, -0.25) is 0 Å². The van der Waals surface area contributed by atoms with E-state index in [1.54, 1.807) is 6.20 Å². The molecule has 2 heterocycles. The highest BCUT2D eigenvalue weighted by Crippen LogP contribution is 2.20. The number of nitrogens with one attached hydrogen (secondary N) is 1. The second-order valence-electron chi connectivity index (χ2n) is 3.83. The lowest BCUT2D eigenvalue weighted by atomic mass is 9.93. The molecule has 0 aliphatic carbocycles. The Bertz CT molecular complexity index is 279. The minimum atomic E-state index is 0.0316. The van der Waals surface area contributed by atoms with E-state index in [-0.39, 0.29) is 6.61 Å².